The standard InChI is InChI=1S/C28H27NO5/c1-5-34-21-13-10-19(11-14-21)25-24(26(30)20-12-15-23(33-4)18(3)16-20)27(31)28(32)29(25)22-9-7-6-8-17(22)2/h6-16,25,30H,5H2,1-4H3/b26-24-. The molecule has 1 aliphatic heterocycles. The number of hydrogen-bond acceptors (Lipinski definition) is 5. The molecule has 0 aromatic heterocycles. The van der Waals surface area contributed by atoms with Gasteiger partial charge >= 0.3 is 0 Å². The number of ketones is 1. The van der Waals surface area contributed by atoms with Gasteiger partial charge in [-0.15, -0.1) is 0 Å². The maximum Gasteiger partial charge on any atom is 0.300 e. The number of para-hydroxylation sites is 1. The van der Waals surface area contributed by atoms with Gasteiger partial charge in [-0.05, 0) is 73.9 Å². The van der Waals surface area contributed by atoms with E-state index in [2.05, 4.69) is 0 Å². The van der Waals surface area contributed by atoms with Crippen LogP contribution in [0.5, 0.6) is 11.5 Å². The Morgan fingerprint density at radius 2 is 1.68 bits per heavy atom. The number of rotatable bonds is 6. The molecule has 1 heterocycles. The van der Waals surface area contributed by atoms with E-state index in [9.17, 15) is 14.7 Å². The predicted molar refractivity (Wildman–Crippen MR) is 131 cm³/mol. The number of anilines is 1. The van der Waals surface area contributed by atoms with Crippen LogP contribution in [0.1, 0.15) is 35.2 Å². The van der Waals surface area contributed by atoms with E-state index in [1.54, 1.807) is 43.5 Å². The second kappa shape index (κ2) is 9.43. The molecular weight excluding hydrogens is 430 g/mol. The van der Waals surface area contributed by atoms with E-state index in [1.165, 1.54) is 4.90 Å². The van der Waals surface area contributed by atoms with Crippen LogP contribution in [0.25, 0.3) is 5.76 Å². The van der Waals surface area contributed by atoms with Crippen molar-refractivity contribution in [3.8, 4) is 11.5 Å². The normalized spacial score (nSPS) is 17.2. The summed E-state index contributed by atoms with van der Waals surface area (Å²) in [6.45, 7) is 6.16. The van der Waals surface area contributed by atoms with E-state index < -0.39 is 17.7 Å². The highest BCUT2D eigenvalue weighted by Crippen LogP contribution is 2.43. The smallest absolute Gasteiger partial charge is 0.300 e. The number of hydrogen-bond donors (Lipinski definition) is 1. The number of nitrogens with zero attached hydrogens (tertiary/aromatic N) is 1. The van der Waals surface area contributed by atoms with E-state index in [0.717, 1.165) is 11.1 Å². The van der Waals surface area contributed by atoms with Gasteiger partial charge in [0, 0.05) is 11.3 Å². The minimum Gasteiger partial charge on any atom is -0.507 e. The average Bonchev–Trinajstić information content (AvgIpc) is 3.10. The minimum absolute atomic E-state index is 0.0435. The van der Waals surface area contributed by atoms with Gasteiger partial charge in [-0.25, -0.2) is 0 Å². The molecule has 3 aromatic rings. The van der Waals surface area contributed by atoms with Crippen LogP contribution in [-0.2, 0) is 9.59 Å². The molecule has 0 bridgehead atoms. The van der Waals surface area contributed by atoms with Crippen LogP contribution in [0.2, 0.25) is 0 Å². The fourth-order valence-corrected chi connectivity index (χ4v) is 4.32. The molecule has 3 aromatic carbocycles. The Balaban J connectivity index is 1.92. The van der Waals surface area contributed by atoms with Crippen LogP contribution in [0.4, 0.5) is 5.69 Å². The highest BCUT2D eigenvalue weighted by atomic mass is 16.5. The highest BCUT2D eigenvalue weighted by Gasteiger charge is 2.47. The molecule has 1 N–H and O–H groups in total. The third-order valence-electron chi connectivity index (χ3n) is 5.99. The van der Waals surface area contributed by atoms with Crippen LogP contribution >= 0.6 is 0 Å². The summed E-state index contributed by atoms with van der Waals surface area (Å²) >= 11 is 0. The number of amides is 1. The van der Waals surface area contributed by atoms with Crippen molar-refractivity contribution in [2.75, 3.05) is 18.6 Å². The molecule has 1 amide bonds. The minimum atomic E-state index is -0.792. The van der Waals surface area contributed by atoms with Crippen LogP contribution in [-0.4, -0.2) is 30.5 Å². The third-order valence-corrected chi connectivity index (χ3v) is 5.99. The lowest BCUT2D eigenvalue weighted by atomic mass is 9.94. The summed E-state index contributed by atoms with van der Waals surface area (Å²) in [5.41, 5.74) is 3.45. The van der Waals surface area contributed by atoms with Crippen LogP contribution in [0.15, 0.2) is 72.3 Å². The first-order chi connectivity index (χ1) is 16.4. The fraction of sp³-hybridized carbons (Fsp3) is 0.214. The zero-order valence-electron chi connectivity index (χ0n) is 19.7. The van der Waals surface area contributed by atoms with Crippen LogP contribution < -0.4 is 14.4 Å². The van der Waals surface area contributed by atoms with E-state index in [4.69, 9.17) is 9.47 Å². The highest BCUT2D eigenvalue weighted by molar-refractivity contribution is 6.51. The van der Waals surface area contributed by atoms with Gasteiger partial charge in [0.1, 0.15) is 17.3 Å². The zero-order valence-corrected chi connectivity index (χ0v) is 19.7. The van der Waals surface area contributed by atoms with Crippen LogP contribution in [0.3, 0.4) is 0 Å². The summed E-state index contributed by atoms with van der Waals surface area (Å²) in [6, 6.07) is 19.0. The Morgan fingerprint density at radius 1 is 0.971 bits per heavy atom. The second-order valence-corrected chi connectivity index (χ2v) is 8.14. The molecule has 1 aliphatic rings. The van der Waals surface area contributed by atoms with Gasteiger partial charge in [-0.1, -0.05) is 30.3 Å². The van der Waals surface area contributed by atoms with Crippen LogP contribution in [0, 0.1) is 13.8 Å². The Hall–Kier alpha value is -4.06. The lowest BCUT2D eigenvalue weighted by Crippen LogP contribution is -2.30. The summed E-state index contributed by atoms with van der Waals surface area (Å²) in [6.07, 6.45) is 0. The molecule has 0 spiro atoms. The van der Waals surface area contributed by atoms with Gasteiger partial charge < -0.3 is 14.6 Å². The molecule has 1 saturated heterocycles. The van der Waals surface area contributed by atoms with E-state index in [0.29, 0.717) is 34.9 Å². The second-order valence-electron chi connectivity index (χ2n) is 8.14. The number of methoxy groups -OCH3 is 1. The molecule has 0 aliphatic carbocycles. The average molecular weight is 458 g/mol. The van der Waals surface area contributed by atoms with Crippen molar-refractivity contribution in [1.82, 2.24) is 0 Å². The zero-order chi connectivity index (χ0) is 24.4. The van der Waals surface area contributed by atoms with Gasteiger partial charge in [0.25, 0.3) is 11.7 Å². The predicted octanol–water partition coefficient (Wildman–Crippen LogP) is 5.34. The van der Waals surface area contributed by atoms with Crippen molar-refractivity contribution in [1.29, 1.82) is 0 Å². The lowest BCUT2D eigenvalue weighted by molar-refractivity contribution is -0.132. The van der Waals surface area contributed by atoms with Crippen molar-refractivity contribution in [2.45, 2.75) is 26.8 Å². The molecule has 0 radical (unpaired) electrons. The van der Waals surface area contributed by atoms with Crippen molar-refractivity contribution >= 4 is 23.1 Å². The fourth-order valence-electron chi connectivity index (χ4n) is 4.32. The third kappa shape index (κ3) is 4.03. The van der Waals surface area contributed by atoms with Crippen molar-refractivity contribution in [3.63, 3.8) is 0 Å². The molecule has 1 atom stereocenters. The lowest BCUT2D eigenvalue weighted by Gasteiger charge is -2.27. The summed E-state index contributed by atoms with van der Waals surface area (Å²) in [7, 11) is 1.57. The van der Waals surface area contributed by atoms with E-state index in [1.807, 2.05) is 51.1 Å². The molecule has 1 unspecified atom stereocenters. The topological polar surface area (TPSA) is 76.1 Å². The number of aliphatic hydroxyl groups excluding tert-OH is 1. The molecule has 174 valence electrons. The number of carbonyl (C=O) groups excluding carboxylic acids is 2. The van der Waals surface area contributed by atoms with E-state index >= 15 is 0 Å². The largest absolute Gasteiger partial charge is 0.507 e. The first-order valence-corrected chi connectivity index (χ1v) is 11.1. The first kappa shape index (κ1) is 23.1. The van der Waals surface area contributed by atoms with Crippen molar-refractivity contribution in [2.24, 2.45) is 0 Å². The van der Waals surface area contributed by atoms with Crippen molar-refractivity contribution in [3.05, 3.63) is 94.6 Å². The number of aryl methyl sites for hydroxylation is 2. The SMILES string of the molecule is CCOc1ccc(C2/C(=C(/O)c3ccc(OC)c(C)c3)C(=O)C(=O)N2c2ccccc2C)cc1. The number of Topliss-reactive ketones (excluding diaryl/α,β-unsaturated/α-hetero) is 1. The Morgan fingerprint density at radius 3 is 2.29 bits per heavy atom. The maximum atomic E-state index is 13.3. The first-order valence-electron chi connectivity index (χ1n) is 11.1. The monoisotopic (exact) mass is 457 g/mol. The number of benzene rings is 3. The van der Waals surface area contributed by atoms with Gasteiger partial charge in [0.2, 0.25) is 0 Å². The van der Waals surface area contributed by atoms with Gasteiger partial charge in [-0.3, -0.25) is 14.5 Å². The van der Waals surface area contributed by atoms with Gasteiger partial charge in [0.15, 0.2) is 0 Å². The molecular formula is C28H27NO5. The summed E-state index contributed by atoms with van der Waals surface area (Å²) in [5, 5.41) is 11.3. The number of carbonyl (C=O) groups is 2. The van der Waals surface area contributed by atoms with Gasteiger partial charge in [0.05, 0.1) is 25.3 Å². The number of aliphatic hydroxyl groups is 1. The molecule has 4 rings (SSSR count). The Labute approximate surface area is 199 Å². The maximum absolute atomic E-state index is 13.3. The van der Waals surface area contributed by atoms with E-state index in [-0.39, 0.29) is 11.3 Å². The Kier molecular flexibility index (Phi) is 6.41. The summed E-state index contributed by atoms with van der Waals surface area (Å²) in [5.74, 6) is -0.281. The quantitative estimate of drug-likeness (QED) is 0.307. The Bertz CT molecular complexity index is 1280. The van der Waals surface area contributed by atoms with Crippen molar-refractivity contribution < 1.29 is 24.2 Å². The molecule has 6 nitrogen and oxygen atoms in total. The number of ether oxygens (including phenoxy) is 2. The van der Waals surface area contributed by atoms with Gasteiger partial charge in [-0.2, -0.15) is 0 Å². The molecule has 34 heavy (non-hydrogen) atoms. The summed E-state index contributed by atoms with van der Waals surface area (Å²) in [4.78, 5) is 28.1. The summed E-state index contributed by atoms with van der Waals surface area (Å²) < 4.78 is 10.9. The molecule has 1 fully saturated rings. The molecule has 6 heteroatoms. The molecule has 0 saturated carbocycles.